The molecule has 0 spiro atoms. The van der Waals surface area contributed by atoms with Crippen LogP contribution in [0, 0.1) is 0 Å². The summed E-state index contributed by atoms with van der Waals surface area (Å²) in [5.74, 6) is 0.461. The molecule has 0 amide bonds. The van der Waals surface area contributed by atoms with Crippen LogP contribution in [0.2, 0.25) is 0 Å². The molecule has 1 heterocycles. The lowest BCUT2D eigenvalue weighted by molar-refractivity contribution is 0.253. The van der Waals surface area contributed by atoms with Gasteiger partial charge in [0.05, 0.1) is 5.75 Å². The highest BCUT2D eigenvalue weighted by Gasteiger charge is 2.24. The summed E-state index contributed by atoms with van der Waals surface area (Å²) in [6.45, 7) is 1.95. The molecular formula is C10H10BrClO3S. The Kier molecular flexibility index (Phi) is 3.20. The third-order valence-corrected chi connectivity index (χ3v) is 3.80. The summed E-state index contributed by atoms with van der Waals surface area (Å²) in [6.07, 6.45) is 0.880. The molecule has 0 radical (unpaired) electrons. The molecule has 0 fully saturated rings. The van der Waals surface area contributed by atoms with E-state index in [0.29, 0.717) is 11.3 Å². The first kappa shape index (κ1) is 12.2. The molecule has 16 heavy (non-hydrogen) atoms. The van der Waals surface area contributed by atoms with Crippen molar-refractivity contribution < 1.29 is 13.2 Å². The monoisotopic (exact) mass is 324 g/mol. The smallest absolute Gasteiger partial charge is 0.236 e. The van der Waals surface area contributed by atoms with Gasteiger partial charge >= 0.3 is 0 Å². The first-order valence-electron chi connectivity index (χ1n) is 4.75. The first-order chi connectivity index (χ1) is 7.35. The van der Waals surface area contributed by atoms with Crippen molar-refractivity contribution in [3.8, 4) is 5.75 Å². The van der Waals surface area contributed by atoms with Crippen molar-refractivity contribution in [2.75, 3.05) is 0 Å². The lowest BCUT2D eigenvalue weighted by Gasteiger charge is -2.08. The summed E-state index contributed by atoms with van der Waals surface area (Å²) in [5, 5.41) is 0. The topological polar surface area (TPSA) is 43.4 Å². The molecule has 1 aromatic carbocycles. The largest absolute Gasteiger partial charge is 0.490 e. The van der Waals surface area contributed by atoms with Crippen LogP contribution < -0.4 is 4.74 Å². The molecule has 1 aliphatic rings. The fraction of sp³-hybridized carbons (Fsp3) is 0.400. The van der Waals surface area contributed by atoms with Crippen LogP contribution in [0.15, 0.2) is 16.6 Å². The molecule has 0 aliphatic carbocycles. The van der Waals surface area contributed by atoms with E-state index < -0.39 is 9.05 Å². The molecule has 0 N–H and O–H groups in total. The second-order valence-corrected chi connectivity index (χ2v) is 7.56. The Hall–Kier alpha value is -0.260. The van der Waals surface area contributed by atoms with Crippen molar-refractivity contribution in [3.05, 3.63) is 27.7 Å². The lowest BCUT2D eigenvalue weighted by Crippen LogP contribution is -2.06. The number of benzene rings is 1. The molecule has 2 rings (SSSR count). The number of hydrogen-bond acceptors (Lipinski definition) is 3. The van der Waals surface area contributed by atoms with Crippen molar-refractivity contribution in [2.45, 2.75) is 25.2 Å². The Morgan fingerprint density at radius 2 is 2.25 bits per heavy atom. The minimum Gasteiger partial charge on any atom is -0.490 e. The molecule has 1 unspecified atom stereocenters. The van der Waals surface area contributed by atoms with E-state index in [2.05, 4.69) is 15.9 Å². The zero-order chi connectivity index (χ0) is 11.9. The maximum Gasteiger partial charge on any atom is 0.236 e. The Bertz CT molecular complexity index is 527. The maximum absolute atomic E-state index is 11.1. The van der Waals surface area contributed by atoms with Crippen LogP contribution in [0.1, 0.15) is 18.1 Å². The third kappa shape index (κ3) is 2.70. The van der Waals surface area contributed by atoms with Gasteiger partial charge in [0, 0.05) is 27.1 Å². The summed E-state index contributed by atoms with van der Waals surface area (Å²) < 4.78 is 28.6. The Labute approximate surface area is 107 Å². The minimum absolute atomic E-state index is 0.0843. The van der Waals surface area contributed by atoms with Crippen LogP contribution in [-0.2, 0) is 21.2 Å². The second-order valence-electron chi connectivity index (χ2n) is 3.87. The molecule has 6 heteroatoms. The Balaban J connectivity index is 2.47. The number of ether oxygens (including phenoxy) is 1. The third-order valence-electron chi connectivity index (χ3n) is 2.36. The van der Waals surface area contributed by atoms with Crippen molar-refractivity contribution in [1.82, 2.24) is 0 Å². The van der Waals surface area contributed by atoms with Gasteiger partial charge in [-0.1, -0.05) is 15.9 Å². The summed E-state index contributed by atoms with van der Waals surface area (Å²) in [5.41, 5.74) is 1.64. The van der Waals surface area contributed by atoms with Gasteiger partial charge in [0.25, 0.3) is 0 Å². The van der Waals surface area contributed by atoms with Gasteiger partial charge in [-0.15, -0.1) is 0 Å². The quantitative estimate of drug-likeness (QED) is 0.785. The van der Waals surface area contributed by atoms with Gasteiger partial charge in [0.2, 0.25) is 9.05 Å². The number of rotatable bonds is 2. The average Bonchev–Trinajstić information content (AvgIpc) is 2.42. The van der Waals surface area contributed by atoms with Gasteiger partial charge in [-0.3, -0.25) is 0 Å². The molecule has 0 aromatic heterocycles. The molecule has 0 bridgehead atoms. The maximum atomic E-state index is 11.1. The number of halogens is 2. The van der Waals surface area contributed by atoms with E-state index in [1.54, 1.807) is 6.07 Å². The molecule has 1 aromatic rings. The summed E-state index contributed by atoms with van der Waals surface area (Å²) in [6, 6.07) is 3.68. The molecular weight excluding hydrogens is 316 g/mol. The van der Waals surface area contributed by atoms with Crippen LogP contribution >= 0.6 is 26.6 Å². The van der Waals surface area contributed by atoms with Gasteiger partial charge in [-0.2, -0.15) is 0 Å². The lowest BCUT2D eigenvalue weighted by atomic mass is 10.1. The van der Waals surface area contributed by atoms with E-state index >= 15 is 0 Å². The Morgan fingerprint density at radius 3 is 2.88 bits per heavy atom. The minimum atomic E-state index is -3.56. The zero-order valence-corrected chi connectivity index (χ0v) is 11.7. The molecule has 1 atom stereocenters. The van der Waals surface area contributed by atoms with Crippen LogP contribution in [-0.4, -0.2) is 14.5 Å². The molecule has 0 saturated heterocycles. The van der Waals surface area contributed by atoms with Crippen LogP contribution in [0.5, 0.6) is 5.75 Å². The van der Waals surface area contributed by atoms with Crippen molar-refractivity contribution >= 4 is 35.7 Å². The summed E-state index contributed by atoms with van der Waals surface area (Å²) in [4.78, 5) is 0. The van der Waals surface area contributed by atoms with Crippen molar-refractivity contribution in [1.29, 1.82) is 0 Å². The predicted molar refractivity (Wildman–Crippen MR) is 66.4 cm³/mol. The zero-order valence-electron chi connectivity index (χ0n) is 8.54. The van der Waals surface area contributed by atoms with Gasteiger partial charge in [0.15, 0.2) is 0 Å². The highest BCUT2D eigenvalue weighted by atomic mass is 79.9. The number of fused-ring (bicyclic) bond motifs is 1. The number of hydrogen-bond donors (Lipinski definition) is 0. The van der Waals surface area contributed by atoms with Gasteiger partial charge in [0.1, 0.15) is 11.9 Å². The van der Waals surface area contributed by atoms with E-state index in [1.165, 1.54) is 0 Å². The first-order valence-corrected chi connectivity index (χ1v) is 8.02. The van der Waals surface area contributed by atoms with Crippen LogP contribution in [0.3, 0.4) is 0 Å². The normalized spacial score (nSPS) is 19.3. The van der Waals surface area contributed by atoms with E-state index in [9.17, 15) is 8.42 Å². The molecule has 3 nitrogen and oxygen atoms in total. The molecule has 1 aliphatic heterocycles. The predicted octanol–water partition coefficient (Wildman–Crippen LogP) is 2.84. The van der Waals surface area contributed by atoms with Crippen molar-refractivity contribution in [2.24, 2.45) is 0 Å². The van der Waals surface area contributed by atoms with E-state index in [4.69, 9.17) is 15.4 Å². The Morgan fingerprint density at radius 1 is 1.56 bits per heavy atom. The fourth-order valence-corrected chi connectivity index (χ4v) is 3.35. The highest BCUT2D eigenvalue weighted by molar-refractivity contribution is 9.10. The van der Waals surface area contributed by atoms with Crippen molar-refractivity contribution in [3.63, 3.8) is 0 Å². The second kappa shape index (κ2) is 4.20. The van der Waals surface area contributed by atoms with E-state index in [0.717, 1.165) is 16.5 Å². The standard InChI is InChI=1S/C10H10BrClO3S/c1-6-2-7-3-9(11)4-8(10(7)15-6)5-16(12,13)14/h3-4,6H,2,5H2,1H3. The highest BCUT2D eigenvalue weighted by Crippen LogP contribution is 2.36. The average molecular weight is 326 g/mol. The summed E-state index contributed by atoms with van der Waals surface area (Å²) >= 11 is 3.35. The molecule has 0 saturated carbocycles. The van der Waals surface area contributed by atoms with Gasteiger partial charge in [-0.25, -0.2) is 8.42 Å². The van der Waals surface area contributed by atoms with Gasteiger partial charge in [-0.05, 0) is 24.6 Å². The van der Waals surface area contributed by atoms with Crippen LogP contribution in [0.25, 0.3) is 0 Å². The fourth-order valence-electron chi connectivity index (χ4n) is 1.86. The van der Waals surface area contributed by atoms with Gasteiger partial charge < -0.3 is 4.74 Å². The van der Waals surface area contributed by atoms with Crippen LogP contribution in [0.4, 0.5) is 0 Å². The summed E-state index contributed by atoms with van der Waals surface area (Å²) in [7, 11) is 1.70. The SMILES string of the molecule is CC1Cc2cc(Br)cc(CS(=O)(=O)Cl)c2O1. The van der Waals surface area contributed by atoms with E-state index in [-0.39, 0.29) is 11.9 Å². The van der Waals surface area contributed by atoms with E-state index in [1.807, 2.05) is 13.0 Å². The molecule has 88 valence electrons.